The lowest BCUT2D eigenvalue weighted by Crippen LogP contribution is -2.34. The Morgan fingerprint density at radius 3 is 2.93 bits per heavy atom. The monoisotopic (exact) mass is 194 g/mol. The van der Waals surface area contributed by atoms with Crippen molar-refractivity contribution in [2.24, 2.45) is 13.0 Å². The summed E-state index contributed by atoms with van der Waals surface area (Å²) in [5.74, 6) is 1.71. The number of rotatable bonds is 1. The molecular weight excluding hydrogens is 176 g/mol. The lowest BCUT2D eigenvalue weighted by molar-refractivity contribution is 0.444. The SMILES string of the molecule is CC1CCCN(c2nn(C)cc2N)C1. The van der Waals surface area contributed by atoms with Crippen molar-refractivity contribution in [1.29, 1.82) is 0 Å². The molecule has 1 aliphatic heterocycles. The van der Waals surface area contributed by atoms with Gasteiger partial charge in [0.25, 0.3) is 0 Å². The van der Waals surface area contributed by atoms with Gasteiger partial charge < -0.3 is 10.6 Å². The maximum Gasteiger partial charge on any atom is 0.173 e. The second-order valence-corrected chi connectivity index (χ2v) is 4.28. The normalized spacial score (nSPS) is 22.7. The number of hydrogen-bond acceptors (Lipinski definition) is 3. The van der Waals surface area contributed by atoms with Gasteiger partial charge in [0, 0.05) is 26.3 Å². The van der Waals surface area contributed by atoms with Gasteiger partial charge in [0.05, 0.1) is 5.69 Å². The number of piperidine rings is 1. The molecule has 1 aromatic rings. The minimum atomic E-state index is 0.755. The van der Waals surface area contributed by atoms with Crippen LogP contribution in [-0.2, 0) is 7.05 Å². The Kier molecular flexibility index (Phi) is 2.35. The van der Waals surface area contributed by atoms with Crippen LogP contribution in [0.15, 0.2) is 6.20 Å². The molecule has 0 saturated carbocycles. The molecule has 78 valence electrons. The van der Waals surface area contributed by atoms with Crippen LogP contribution in [-0.4, -0.2) is 22.9 Å². The molecule has 1 aliphatic rings. The van der Waals surface area contributed by atoms with Crippen molar-refractivity contribution in [3.8, 4) is 0 Å². The van der Waals surface area contributed by atoms with E-state index < -0.39 is 0 Å². The minimum Gasteiger partial charge on any atom is -0.394 e. The molecule has 4 nitrogen and oxygen atoms in total. The maximum absolute atomic E-state index is 5.89. The van der Waals surface area contributed by atoms with E-state index in [1.54, 1.807) is 4.68 Å². The van der Waals surface area contributed by atoms with Gasteiger partial charge in [0.2, 0.25) is 0 Å². The van der Waals surface area contributed by atoms with Crippen LogP contribution in [0.25, 0.3) is 0 Å². The summed E-state index contributed by atoms with van der Waals surface area (Å²) in [5.41, 5.74) is 6.69. The highest BCUT2D eigenvalue weighted by atomic mass is 15.3. The molecule has 0 spiro atoms. The van der Waals surface area contributed by atoms with E-state index in [1.807, 2.05) is 13.2 Å². The molecule has 1 atom stereocenters. The predicted octanol–water partition coefficient (Wildman–Crippen LogP) is 1.24. The van der Waals surface area contributed by atoms with Crippen molar-refractivity contribution < 1.29 is 0 Å². The third-order valence-corrected chi connectivity index (χ3v) is 2.79. The molecule has 2 N–H and O–H groups in total. The Morgan fingerprint density at radius 2 is 2.36 bits per heavy atom. The average Bonchev–Trinajstić information content (AvgIpc) is 2.45. The van der Waals surface area contributed by atoms with Crippen LogP contribution in [0.2, 0.25) is 0 Å². The lowest BCUT2D eigenvalue weighted by atomic mass is 10.0. The maximum atomic E-state index is 5.89. The predicted molar refractivity (Wildman–Crippen MR) is 58.2 cm³/mol. The third-order valence-electron chi connectivity index (χ3n) is 2.79. The van der Waals surface area contributed by atoms with E-state index in [0.29, 0.717) is 0 Å². The molecular formula is C10H18N4. The topological polar surface area (TPSA) is 47.1 Å². The van der Waals surface area contributed by atoms with Gasteiger partial charge in [-0.1, -0.05) is 6.92 Å². The molecule has 4 heteroatoms. The Hall–Kier alpha value is -1.19. The summed E-state index contributed by atoms with van der Waals surface area (Å²) in [6.07, 6.45) is 4.44. The molecule has 0 bridgehead atoms. The molecule has 1 saturated heterocycles. The summed E-state index contributed by atoms with van der Waals surface area (Å²) >= 11 is 0. The number of nitrogens with zero attached hydrogens (tertiary/aromatic N) is 3. The first-order valence-corrected chi connectivity index (χ1v) is 5.21. The zero-order valence-electron chi connectivity index (χ0n) is 8.90. The average molecular weight is 194 g/mol. The molecule has 2 rings (SSSR count). The fraction of sp³-hybridized carbons (Fsp3) is 0.700. The van der Waals surface area contributed by atoms with Gasteiger partial charge >= 0.3 is 0 Å². The number of nitrogen functional groups attached to an aromatic ring is 1. The number of aryl methyl sites for hydroxylation is 1. The fourth-order valence-corrected chi connectivity index (χ4v) is 2.12. The van der Waals surface area contributed by atoms with E-state index >= 15 is 0 Å². The van der Waals surface area contributed by atoms with Crippen molar-refractivity contribution in [1.82, 2.24) is 9.78 Å². The molecule has 2 heterocycles. The largest absolute Gasteiger partial charge is 0.394 e. The van der Waals surface area contributed by atoms with Crippen molar-refractivity contribution in [3.05, 3.63) is 6.20 Å². The van der Waals surface area contributed by atoms with Gasteiger partial charge in [0.15, 0.2) is 5.82 Å². The quantitative estimate of drug-likeness (QED) is 0.731. The second-order valence-electron chi connectivity index (χ2n) is 4.28. The summed E-state index contributed by atoms with van der Waals surface area (Å²) < 4.78 is 1.78. The van der Waals surface area contributed by atoms with Crippen LogP contribution < -0.4 is 10.6 Å². The minimum absolute atomic E-state index is 0.755. The van der Waals surface area contributed by atoms with E-state index in [4.69, 9.17) is 5.73 Å². The van der Waals surface area contributed by atoms with Crippen LogP contribution in [0.3, 0.4) is 0 Å². The van der Waals surface area contributed by atoms with E-state index in [1.165, 1.54) is 12.8 Å². The smallest absolute Gasteiger partial charge is 0.173 e. The van der Waals surface area contributed by atoms with Gasteiger partial charge in [-0.2, -0.15) is 5.10 Å². The van der Waals surface area contributed by atoms with Crippen LogP contribution in [0, 0.1) is 5.92 Å². The van der Waals surface area contributed by atoms with Crippen LogP contribution in [0.1, 0.15) is 19.8 Å². The van der Waals surface area contributed by atoms with Crippen LogP contribution in [0.4, 0.5) is 11.5 Å². The molecule has 0 amide bonds. The Bertz CT molecular complexity index is 318. The van der Waals surface area contributed by atoms with Gasteiger partial charge in [-0.25, -0.2) is 0 Å². The third kappa shape index (κ3) is 1.69. The second kappa shape index (κ2) is 3.52. The number of nitrogens with two attached hydrogens (primary N) is 1. The lowest BCUT2D eigenvalue weighted by Gasteiger charge is -2.31. The van der Waals surface area contributed by atoms with Crippen molar-refractivity contribution in [2.45, 2.75) is 19.8 Å². The molecule has 1 aromatic heterocycles. The molecule has 1 unspecified atom stereocenters. The first kappa shape index (κ1) is 9.37. The number of hydrogen-bond donors (Lipinski definition) is 1. The number of anilines is 2. The van der Waals surface area contributed by atoms with Gasteiger partial charge in [0.1, 0.15) is 0 Å². The molecule has 1 fully saturated rings. The van der Waals surface area contributed by atoms with E-state index in [0.717, 1.165) is 30.5 Å². The highest BCUT2D eigenvalue weighted by Crippen LogP contribution is 2.25. The number of aromatic nitrogens is 2. The van der Waals surface area contributed by atoms with Gasteiger partial charge in [-0.05, 0) is 18.8 Å². The molecule has 0 aliphatic carbocycles. The van der Waals surface area contributed by atoms with Crippen LogP contribution >= 0.6 is 0 Å². The van der Waals surface area contributed by atoms with Crippen molar-refractivity contribution in [3.63, 3.8) is 0 Å². The van der Waals surface area contributed by atoms with E-state index in [9.17, 15) is 0 Å². The van der Waals surface area contributed by atoms with Crippen LogP contribution in [0.5, 0.6) is 0 Å². The molecule has 0 radical (unpaired) electrons. The first-order chi connectivity index (χ1) is 6.66. The Balaban J connectivity index is 2.17. The van der Waals surface area contributed by atoms with E-state index in [-0.39, 0.29) is 0 Å². The zero-order valence-corrected chi connectivity index (χ0v) is 8.90. The zero-order chi connectivity index (χ0) is 10.1. The van der Waals surface area contributed by atoms with Gasteiger partial charge in [-0.3, -0.25) is 4.68 Å². The first-order valence-electron chi connectivity index (χ1n) is 5.21. The molecule has 0 aromatic carbocycles. The standard InChI is InChI=1S/C10H18N4/c1-8-4-3-5-14(6-8)10-9(11)7-13(2)12-10/h7-8H,3-6,11H2,1-2H3. The Morgan fingerprint density at radius 1 is 1.57 bits per heavy atom. The fourth-order valence-electron chi connectivity index (χ4n) is 2.12. The summed E-state index contributed by atoms with van der Waals surface area (Å²) in [5, 5.41) is 4.39. The van der Waals surface area contributed by atoms with Crippen molar-refractivity contribution >= 4 is 11.5 Å². The van der Waals surface area contributed by atoms with Gasteiger partial charge in [-0.15, -0.1) is 0 Å². The van der Waals surface area contributed by atoms with Crippen molar-refractivity contribution in [2.75, 3.05) is 23.7 Å². The Labute approximate surface area is 84.7 Å². The molecule has 14 heavy (non-hydrogen) atoms. The summed E-state index contributed by atoms with van der Waals surface area (Å²) in [7, 11) is 1.91. The summed E-state index contributed by atoms with van der Waals surface area (Å²) in [4.78, 5) is 2.30. The highest BCUT2D eigenvalue weighted by Gasteiger charge is 2.20. The highest BCUT2D eigenvalue weighted by molar-refractivity contribution is 5.61. The summed E-state index contributed by atoms with van der Waals surface area (Å²) in [6, 6.07) is 0. The van der Waals surface area contributed by atoms with E-state index in [2.05, 4.69) is 16.9 Å². The summed E-state index contributed by atoms with van der Waals surface area (Å²) in [6.45, 7) is 4.46.